The van der Waals surface area contributed by atoms with E-state index in [2.05, 4.69) is 57.4 Å². The van der Waals surface area contributed by atoms with E-state index in [1.165, 1.54) is 5.56 Å². The first kappa shape index (κ1) is 11.1. The summed E-state index contributed by atoms with van der Waals surface area (Å²) in [7, 11) is 0. The van der Waals surface area contributed by atoms with Gasteiger partial charge in [-0.2, -0.15) is 0 Å². The van der Waals surface area contributed by atoms with Gasteiger partial charge in [0.25, 0.3) is 0 Å². The molecule has 1 aromatic heterocycles. The summed E-state index contributed by atoms with van der Waals surface area (Å²) in [5.41, 5.74) is 2.39. The van der Waals surface area contributed by atoms with Crippen molar-refractivity contribution < 1.29 is 0 Å². The molecule has 0 bridgehead atoms. The Morgan fingerprint density at radius 1 is 1.19 bits per heavy atom. The lowest BCUT2D eigenvalue weighted by molar-refractivity contribution is 1.14. The zero-order valence-corrected chi connectivity index (χ0v) is 10.7. The molecule has 2 rings (SSSR count). The van der Waals surface area contributed by atoms with Gasteiger partial charge >= 0.3 is 0 Å². The first-order valence-electron chi connectivity index (χ1n) is 5.26. The monoisotopic (exact) mass is 276 g/mol. The number of benzene rings is 1. The zero-order valence-electron chi connectivity index (χ0n) is 9.07. The Hall–Kier alpha value is -1.35. The Balaban J connectivity index is 2.18. The third kappa shape index (κ3) is 2.61. The number of nitrogens with zero attached hydrogens (tertiary/aromatic N) is 1. The molecule has 0 saturated carbocycles. The van der Waals surface area contributed by atoms with Crippen LogP contribution in [0.1, 0.15) is 12.5 Å². The van der Waals surface area contributed by atoms with E-state index < -0.39 is 0 Å². The number of aryl methyl sites for hydroxylation is 1. The average molecular weight is 277 g/mol. The van der Waals surface area contributed by atoms with Gasteiger partial charge in [0.2, 0.25) is 0 Å². The van der Waals surface area contributed by atoms with Gasteiger partial charge in [-0.25, -0.2) is 4.98 Å². The SMILES string of the molecule is CCc1ccc(Nc2ncccc2Br)cc1. The van der Waals surface area contributed by atoms with Gasteiger partial charge in [-0.3, -0.25) is 0 Å². The normalized spacial score (nSPS) is 10.1. The van der Waals surface area contributed by atoms with Crippen LogP contribution < -0.4 is 5.32 Å². The molecule has 2 nitrogen and oxygen atoms in total. The molecule has 0 aliphatic carbocycles. The summed E-state index contributed by atoms with van der Waals surface area (Å²) in [6, 6.07) is 12.3. The summed E-state index contributed by atoms with van der Waals surface area (Å²) < 4.78 is 0.967. The van der Waals surface area contributed by atoms with Crippen molar-refractivity contribution in [2.45, 2.75) is 13.3 Å². The maximum Gasteiger partial charge on any atom is 0.144 e. The van der Waals surface area contributed by atoms with Gasteiger partial charge in [0.15, 0.2) is 0 Å². The Morgan fingerprint density at radius 3 is 2.56 bits per heavy atom. The van der Waals surface area contributed by atoms with Crippen molar-refractivity contribution in [1.82, 2.24) is 4.98 Å². The van der Waals surface area contributed by atoms with Crippen LogP contribution in [0.5, 0.6) is 0 Å². The third-order valence-corrected chi connectivity index (χ3v) is 3.02. The molecule has 1 N–H and O–H groups in total. The highest BCUT2D eigenvalue weighted by Gasteiger charge is 2.00. The van der Waals surface area contributed by atoms with Crippen molar-refractivity contribution in [3.05, 3.63) is 52.6 Å². The van der Waals surface area contributed by atoms with Crippen molar-refractivity contribution in [3.63, 3.8) is 0 Å². The Bertz CT molecular complexity index is 466. The fourth-order valence-corrected chi connectivity index (χ4v) is 1.79. The van der Waals surface area contributed by atoms with Crippen LogP contribution in [0.25, 0.3) is 0 Å². The molecular weight excluding hydrogens is 264 g/mol. The molecule has 0 amide bonds. The molecule has 1 heterocycles. The van der Waals surface area contributed by atoms with Crippen molar-refractivity contribution >= 4 is 27.4 Å². The molecule has 0 saturated heterocycles. The maximum atomic E-state index is 4.26. The standard InChI is InChI=1S/C13H13BrN2/c1-2-10-5-7-11(8-6-10)16-13-12(14)4-3-9-15-13/h3-9H,2H2,1H3,(H,15,16). The zero-order chi connectivity index (χ0) is 11.4. The third-order valence-electron chi connectivity index (χ3n) is 2.38. The molecule has 0 spiro atoms. The number of aromatic nitrogens is 1. The van der Waals surface area contributed by atoms with E-state index >= 15 is 0 Å². The molecule has 0 aliphatic heterocycles. The summed E-state index contributed by atoms with van der Waals surface area (Å²) >= 11 is 3.46. The molecule has 0 aliphatic rings. The lowest BCUT2D eigenvalue weighted by atomic mass is 10.1. The van der Waals surface area contributed by atoms with Crippen molar-refractivity contribution in [1.29, 1.82) is 0 Å². The van der Waals surface area contributed by atoms with Gasteiger partial charge in [0.1, 0.15) is 5.82 Å². The molecule has 0 fully saturated rings. The highest BCUT2D eigenvalue weighted by atomic mass is 79.9. The van der Waals surface area contributed by atoms with E-state index in [-0.39, 0.29) is 0 Å². The second kappa shape index (κ2) is 5.12. The molecule has 1 aromatic carbocycles. The maximum absolute atomic E-state index is 4.26. The molecular formula is C13H13BrN2. The van der Waals surface area contributed by atoms with Crippen LogP contribution >= 0.6 is 15.9 Å². The number of anilines is 2. The predicted octanol–water partition coefficient (Wildman–Crippen LogP) is 4.15. The highest BCUT2D eigenvalue weighted by Crippen LogP contribution is 2.22. The van der Waals surface area contributed by atoms with E-state index in [0.29, 0.717) is 0 Å². The molecule has 16 heavy (non-hydrogen) atoms. The van der Waals surface area contributed by atoms with Crippen LogP contribution in [0.4, 0.5) is 11.5 Å². The van der Waals surface area contributed by atoms with E-state index in [0.717, 1.165) is 22.4 Å². The number of rotatable bonds is 3. The Labute approximate surface area is 104 Å². The smallest absolute Gasteiger partial charge is 0.144 e. The highest BCUT2D eigenvalue weighted by molar-refractivity contribution is 9.10. The lowest BCUT2D eigenvalue weighted by Crippen LogP contribution is -1.94. The van der Waals surface area contributed by atoms with Crippen molar-refractivity contribution in [2.24, 2.45) is 0 Å². The first-order chi connectivity index (χ1) is 7.79. The largest absolute Gasteiger partial charge is 0.339 e. The summed E-state index contributed by atoms with van der Waals surface area (Å²) in [4.78, 5) is 4.26. The topological polar surface area (TPSA) is 24.9 Å². The summed E-state index contributed by atoms with van der Waals surface area (Å²) in [5.74, 6) is 0.840. The van der Waals surface area contributed by atoms with Gasteiger partial charge in [-0.1, -0.05) is 19.1 Å². The summed E-state index contributed by atoms with van der Waals surface area (Å²) in [5, 5.41) is 3.27. The minimum Gasteiger partial charge on any atom is -0.339 e. The van der Waals surface area contributed by atoms with Gasteiger partial charge < -0.3 is 5.32 Å². The van der Waals surface area contributed by atoms with E-state index in [1.54, 1.807) is 6.20 Å². The van der Waals surface area contributed by atoms with E-state index in [4.69, 9.17) is 0 Å². The van der Waals surface area contributed by atoms with Gasteiger partial charge in [-0.05, 0) is 52.2 Å². The number of pyridine rings is 1. The van der Waals surface area contributed by atoms with Crippen LogP contribution in [0.2, 0.25) is 0 Å². The van der Waals surface area contributed by atoms with Gasteiger partial charge in [0.05, 0.1) is 4.47 Å². The Morgan fingerprint density at radius 2 is 1.94 bits per heavy atom. The van der Waals surface area contributed by atoms with Gasteiger partial charge in [-0.15, -0.1) is 0 Å². The number of hydrogen-bond donors (Lipinski definition) is 1. The fraction of sp³-hybridized carbons (Fsp3) is 0.154. The van der Waals surface area contributed by atoms with Crippen LogP contribution in [-0.2, 0) is 6.42 Å². The molecule has 0 radical (unpaired) electrons. The fourth-order valence-electron chi connectivity index (χ4n) is 1.44. The predicted molar refractivity (Wildman–Crippen MR) is 71.0 cm³/mol. The number of halogens is 1. The second-order valence-electron chi connectivity index (χ2n) is 3.51. The number of hydrogen-bond acceptors (Lipinski definition) is 2. The van der Waals surface area contributed by atoms with Gasteiger partial charge in [0, 0.05) is 11.9 Å². The molecule has 0 unspecified atom stereocenters. The van der Waals surface area contributed by atoms with Crippen LogP contribution in [0.15, 0.2) is 47.1 Å². The minimum absolute atomic E-state index is 0.840. The molecule has 82 valence electrons. The van der Waals surface area contributed by atoms with Crippen LogP contribution in [-0.4, -0.2) is 4.98 Å². The van der Waals surface area contributed by atoms with Crippen LogP contribution in [0.3, 0.4) is 0 Å². The summed E-state index contributed by atoms with van der Waals surface area (Å²) in [6.45, 7) is 2.15. The first-order valence-corrected chi connectivity index (χ1v) is 6.05. The number of nitrogens with one attached hydrogen (secondary N) is 1. The average Bonchev–Trinajstić information content (AvgIpc) is 2.33. The Kier molecular flexibility index (Phi) is 3.57. The quantitative estimate of drug-likeness (QED) is 0.911. The lowest BCUT2D eigenvalue weighted by Gasteiger charge is -2.07. The summed E-state index contributed by atoms with van der Waals surface area (Å²) in [6.07, 6.45) is 2.83. The van der Waals surface area contributed by atoms with Crippen molar-refractivity contribution in [2.75, 3.05) is 5.32 Å². The van der Waals surface area contributed by atoms with E-state index in [9.17, 15) is 0 Å². The van der Waals surface area contributed by atoms with Crippen molar-refractivity contribution in [3.8, 4) is 0 Å². The molecule has 2 aromatic rings. The van der Waals surface area contributed by atoms with E-state index in [1.807, 2.05) is 12.1 Å². The van der Waals surface area contributed by atoms with Crippen LogP contribution in [0, 0.1) is 0 Å². The second-order valence-corrected chi connectivity index (χ2v) is 4.36. The molecule has 3 heteroatoms. The minimum atomic E-state index is 0.840. The molecule has 0 atom stereocenters.